The first-order chi connectivity index (χ1) is 14.4. The van der Waals surface area contributed by atoms with Crippen LogP contribution in [-0.4, -0.2) is 51.7 Å². The molecule has 3 amide bonds. The van der Waals surface area contributed by atoms with Crippen molar-refractivity contribution < 1.29 is 14.4 Å². The smallest absolute Gasteiger partial charge is 0.273 e. The van der Waals surface area contributed by atoms with Crippen molar-refractivity contribution in [2.45, 2.75) is 71.3 Å². The molecular weight excluding hydrogens is 382 g/mol. The summed E-state index contributed by atoms with van der Waals surface area (Å²) < 4.78 is 0. The first-order valence-corrected chi connectivity index (χ1v) is 11.1. The average molecular weight is 416 g/mol. The van der Waals surface area contributed by atoms with Gasteiger partial charge >= 0.3 is 0 Å². The summed E-state index contributed by atoms with van der Waals surface area (Å²) in [6.45, 7) is 5.36. The molecule has 0 radical (unpaired) electrons. The number of hydrogen-bond donors (Lipinski definition) is 2. The Kier molecular flexibility index (Phi) is 7.76. The van der Waals surface area contributed by atoms with Gasteiger partial charge in [0.05, 0.1) is 0 Å². The predicted octanol–water partition coefficient (Wildman–Crippen LogP) is 2.76. The number of rotatable bonds is 6. The van der Waals surface area contributed by atoms with Crippen LogP contribution < -0.4 is 10.6 Å². The summed E-state index contributed by atoms with van der Waals surface area (Å²) in [6, 6.07) is -0.0236. The van der Waals surface area contributed by atoms with Crippen molar-refractivity contribution in [2.24, 2.45) is 11.8 Å². The summed E-state index contributed by atoms with van der Waals surface area (Å²) in [6.07, 6.45) is 9.95. The SMILES string of the molecule is CC(C)CC(=O)N1CCC(NC(=O)c2nccnc2NC(=O)C2CCCCC2)CC1. The summed E-state index contributed by atoms with van der Waals surface area (Å²) in [7, 11) is 0. The van der Waals surface area contributed by atoms with Gasteiger partial charge in [-0.15, -0.1) is 0 Å². The number of piperidine rings is 1. The van der Waals surface area contributed by atoms with Gasteiger partial charge in [0.25, 0.3) is 5.91 Å². The molecule has 1 aromatic rings. The van der Waals surface area contributed by atoms with Crippen molar-refractivity contribution in [3.05, 3.63) is 18.1 Å². The maximum absolute atomic E-state index is 12.8. The zero-order valence-electron chi connectivity index (χ0n) is 18.0. The van der Waals surface area contributed by atoms with Crippen LogP contribution in [0.3, 0.4) is 0 Å². The average Bonchev–Trinajstić information content (AvgIpc) is 2.74. The number of amides is 3. The Hall–Kier alpha value is -2.51. The van der Waals surface area contributed by atoms with Crippen molar-refractivity contribution >= 4 is 23.5 Å². The van der Waals surface area contributed by atoms with Gasteiger partial charge in [0.1, 0.15) is 0 Å². The van der Waals surface area contributed by atoms with Crippen LogP contribution in [0, 0.1) is 11.8 Å². The van der Waals surface area contributed by atoms with Crippen LogP contribution in [-0.2, 0) is 9.59 Å². The van der Waals surface area contributed by atoms with E-state index in [0.29, 0.717) is 38.3 Å². The van der Waals surface area contributed by atoms with Gasteiger partial charge < -0.3 is 15.5 Å². The topological polar surface area (TPSA) is 104 Å². The van der Waals surface area contributed by atoms with Gasteiger partial charge in [-0.2, -0.15) is 0 Å². The molecule has 0 spiro atoms. The molecule has 1 saturated heterocycles. The van der Waals surface area contributed by atoms with Crippen LogP contribution in [0.15, 0.2) is 12.4 Å². The van der Waals surface area contributed by atoms with Gasteiger partial charge in [0, 0.05) is 43.9 Å². The highest BCUT2D eigenvalue weighted by Crippen LogP contribution is 2.25. The van der Waals surface area contributed by atoms with Crippen molar-refractivity contribution in [3.8, 4) is 0 Å². The number of carbonyl (C=O) groups is 3. The van der Waals surface area contributed by atoms with Crippen molar-refractivity contribution in [1.29, 1.82) is 0 Å². The zero-order chi connectivity index (χ0) is 21.5. The molecule has 0 aromatic carbocycles. The minimum atomic E-state index is -0.339. The maximum Gasteiger partial charge on any atom is 0.273 e. The number of aromatic nitrogens is 2. The van der Waals surface area contributed by atoms with E-state index in [1.807, 2.05) is 18.7 Å². The zero-order valence-corrected chi connectivity index (χ0v) is 18.0. The molecular formula is C22H33N5O3. The van der Waals surface area contributed by atoms with E-state index in [1.165, 1.54) is 18.8 Å². The molecule has 3 rings (SSSR count). The van der Waals surface area contributed by atoms with Crippen LogP contribution in [0.1, 0.15) is 75.7 Å². The van der Waals surface area contributed by atoms with Crippen LogP contribution in [0.25, 0.3) is 0 Å². The van der Waals surface area contributed by atoms with Crippen molar-refractivity contribution in [2.75, 3.05) is 18.4 Å². The highest BCUT2D eigenvalue weighted by atomic mass is 16.2. The lowest BCUT2D eigenvalue weighted by Crippen LogP contribution is -2.47. The van der Waals surface area contributed by atoms with Crippen LogP contribution in [0.2, 0.25) is 0 Å². The minimum absolute atomic E-state index is 0.0236. The third-order valence-corrected chi connectivity index (χ3v) is 5.90. The molecule has 0 unspecified atom stereocenters. The van der Waals surface area contributed by atoms with E-state index in [1.54, 1.807) is 0 Å². The molecule has 1 aromatic heterocycles. The molecule has 30 heavy (non-hydrogen) atoms. The number of likely N-dealkylation sites (tertiary alicyclic amines) is 1. The van der Waals surface area contributed by atoms with E-state index >= 15 is 0 Å². The largest absolute Gasteiger partial charge is 0.348 e. The summed E-state index contributed by atoms with van der Waals surface area (Å²) in [4.78, 5) is 47.8. The van der Waals surface area contributed by atoms with Crippen LogP contribution >= 0.6 is 0 Å². The first-order valence-electron chi connectivity index (χ1n) is 11.1. The molecule has 2 heterocycles. The second kappa shape index (κ2) is 10.5. The maximum atomic E-state index is 12.8. The number of nitrogens with one attached hydrogen (secondary N) is 2. The first kappa shape index (κ1) is 22.2. The normalized spacial score (nSPS) is 18.3. The van der Waals surface area contributed by atoms with Gasteiger partial charge in [-0.05, 0) is 31.6 Å². The summed E-state index contributed by atoms with van der Waals surface area (Å²) >= 11 is 0. The van der Waals surface area contributed by atoms with Gasteiger partial charge in [-0.1, -0.05) is 33.1 Å². The molecule has 8 nitrogen and oxygen atoms in total. The Morgan fingerprint density at radius 1 is 1.03 bits per heavy atom. The van der Waals surface area contributed by atoms with Gasteiger partial charge in [-0.25, -0.2) is 9.97 Å². The Balaban J connectivity index is 1.55. The lowest BCUT2D eigenvalue weighted by Gasteiger charge is -2.32. The van der Waals surface area contributed by atoms with Crippen molar-refractivity contribution in [3.63, 3.8) is 0 Å². The van der Waals surface area contributed by atoms with E-state index < -0.39 is 0 Å². The van der Waals surface area contributed by atoms with E-state index in [9.17, 15) is 14.4 Å². The molecule has 2 aliphatic rings. The lowest BCUT2D eigenvalue weighted by molar-refractivity contribution is -0.133. The number of nitrogens with zero attached hydrogens (tertiary/aromatic N) is 3. The molecule has 0 atom stereocenters. The highest BCUT2D eigenvalue weighted by Gasteiger charge is 2.27. The van der Waals surface area contributed by atoms with Gasteiger partial charge in [0.2, 0.25) is 11.8 Å². The Morgan fingerprint density at radius 2 is 1.70 bits per heavy atom. The van der Waals surface area contributed by atoms with E-state index in [4.69, 9.17) is 0 Å². The predicted molar refractivity (Wildman–Crippen MR) is 114 cm³/mol. The monoisotopic (exact) mass is 415 g/mol. The summed E-state index contributed by atoms with van der Waals surface area (Å²) in [5.74, 6) is 0.292. The number of carbonyl (C=O) groups excluding carboxylic acids is 3. The van der Waals surface area contributed by atoms with E-state index in [2.05, 4.69) is 20.6 Å². The number of anilines is 1. The molecule has 2 N–H and O–H groups in total. The Morgan fingerprint density at radius 3 is 2.37 bits per heavy atom. The molecule has 1 saturated carbocycles. The fourth-order valence-electron chi connectivity index (χ4n) is 4.18. The van der Waals surface area contributed by atoms with Crippen LogP contribution in [0.4, 0.5) is 5.82 Å². The quantitative estimate of drug-likeness (QED) is 0.743. The molecule has 8 heteroatoms. The lowest BCUT2D eigenvalue weighted by atomic mass is 9.89. The Labute approximate surface area is 178 Å². The second-order valence-corrected chi connectivity index (χ2v) is 8.80. The molecule has 164 valence electrons. The fourth-order valence-corrected chi connectivity index (χ4v) is 4.18. The molecule has 2 fully saturated rings. The summed E-state index contributed by atoms with van der Waals surface area (Å²) in [5.41, 5.74) is 0.139. The van der Waals surface area contributed by atoms with Gasteiger partial charge in [0.15, 0.2) is 11.5 Å². The third-order valence-electron chi connectivity index (χ3n) is 5.90. The second-order valence-electron chi connectivity index (χ2n) is 8.80. The third kappa shape index (κ3) is 6.00. The molecule has 0 bridgehead atoms. The Bertz CT molecular complexity index is 753. The van der Waals surface area contributed by atoms with Crippen molar-refractivity contribution in [1.82, 2.24) is 20.2 Å². The fraction of sp³-hybridized carbons (Fsp3) is 0.682. The van der Waals surface area contributed by atoms with E-state index in [0.717, 1.165) is 25.7 Å². The van der Waals surface area contributed by atoms with Crippen LogP contribution in [0.5, 0.6) is 0 Å². The van der Waals surface area contributed by atoms with Gasteiger partial charge in [-0.3, -0.25) is 14.4 Å². The highest BCUT2D eigenvalue weighted by molar-refractivity contribution is 6.01. The molecule has 1 aliphatic carbocycles. The number of hydrogen-bond acceptors (Lipinski definition) is 5. The summed E-state index contributed by atoms with van der Waals surface area (Å²) in [5, 5.41) is 5.81. The van der Waals surface area contributed by atoms with E-state index in [-0.39, 0.29) is 41.2 Å². The minimum Gasteiger partial charge on any atom is -0.348 e. The molecule has 1 aliphatic heterocycles. The standard InChI is InChI=1S/C22H33N5O3/c1-15(2)14-18(28)27-12-8-17(9-13-27)25-22(30)19-20(24-11-10-23-19)26-21(29)16-6-4-3-5-7-16/h10-11,15-17H,3-9,12-14H2,1-2H3,(H,25,30)(H,24,26,29).